The number of thiophene rings is 1. The van der Waals surface area contributed by atoms with Crippen LogP contribution in [0.2, 0.25) is 0 Å². The van der Waals surface area contributed by atoms with Crippen LogP contribution in [0.15, 0.2) is 121 Å². The van der Waals surface area contributed by atoms with E-state index in [4.69, 9.17) is 9.47 Å². The van der Waals surface area contributed by atoms with Crippen molar-refractivity contribution in [2.75, 3.05) is 19.1 Å². The highest BCUT2D eigenvalue weighted by molar-refractivity contribution is 7.19. The van der Waals surface area contributed by atoms with Gasteiger partial charge in [-0.3, -0.25) is 0 Å². The lowest BCUT2D eigenvalue weighted by atomic mass is 10.0. The molecule has 1 aromatic heterocycles. The Hall–Kier alpha value is -4.74. The number of methoxy groups -OCH3 is 2. The molecule has 0 aliphatic carbocycles. The maximum Gasteiger partial charge on any atom is 0.124 e. The van der Waals surface area contributed by atoms with E-state index in [1.54, 1.807) is 31.6 Å². The molecule has 0 saturated heterocycles. The minimum absolute atomic E-state index is 0.298. The summed E-state index contributed by atoms with van der Waals surface area (Å²) in [7, 11) is 3.35. The van der Waals surface area contributed by atoms with Crippen LogP contribution in [-0.2, 0) is 0 Å². The summed E-state index contributed by atoms with van der Waals surface area (Å²) in [6.45, 7) is 0. The molecule has 0 atom stereocenters. The first-order chi connectivity index (χ1) is 19.1. The van der Waals surface area contributed by atoms with Crippen LogP contribution in [0.5, 0.6) is 17.2 Å². The van der Waals surface area contributed by atoms with Gasteiger partial charge in [0.15, 0.2) is 0 Å². The van der Waals surface area contributed by atoms with E-state index in [1.165, 1.54) is 0 Å². The monoisotopic (exact) mass is 529 g/mol. The molecule has 1 heterocycles. The Labute approximate surface area is 231 Å². The Morgan fingerprint density at radius 1 is 0.564 bits per heavy atom. The smallest absolute Gasteiger partial charge is 0.124 e. The number of rotatable bonds is 7. The summed E-state index contributed by atoms with van der Waals surface area (Å²) < 4.78 is 10.7. The van der Waals surface area contributed by atoms with Gasteiger partial charge in [0.1, 0.15) is 17.2 Å². The average molecular weight is 530 g/mol. The number of benzene rings is 5. The first kappa shape index (κ1) is 24.6. The van der Waals surface area contributed by atoms with E-state index in [0.717, 1.165) is 60.2 Å². The minimum Gasteiger partial charge on any atom is -0.507 e. The van der Waals surface area contributed by atoms with Crippen molar-refractivity contribution in [1.29, 1.82) is 0 Å². The maximum absolute atomic E-state index is 10.7. The predicted octanol–water partition coefficient (Wildman–Crippen LogP) is 9.43. The second-order valence-corrected chi connectivity index (χ2v) is 10.2. The molecule has 39 heavy (non-hydrogen) atoms. The lowest BCUT2D eigenvalue weighted by molar-refractivity contribution is 0.415. The van der Waals surface area contributed by atoms with Crippen molar-refractivity contribution < 1.29 is 14.6 Å². The normalized spacial score (nSPS) is 10.9. The molecule has 0 bridgehead atoms. The lowest BCUT2D eigenvalue weighted by Crippen LogP contribution is -2.09. The van der Waals surface area contributed by atoms with Crippen LogP contribution in [-0.4, -0.2) is 19.3 Å². The Bertz CT molecular complexity index is 1680. The van der Waals surface area contributed by atoms with Crippen molar-refractivity contribution in [3.63, 3.8) is 0 Å². The van der Waals surface area contributed by atoms with E-state index < -0.39 is 0 Å². The van der Waals surface area contributed by atoms with Crippen LogP contribution < -0.4 is 14.4 Å². The third-order valence-corrected chi connectivity index (χ3v) is 7.98. The van der Waals surface area contributed by atoms with Crippen LogP contribution in [0.3, 0.4) is 0 Å². The Balaban J connectivity index is 1.35. The van der Waals surface area contributed by atoms with E-state index in [2.05, 4.69) is 77.7 Å². The quantitative estimate of drug-likeness (QED) is 0.224. The van der Waals surface area contributed by atoms with Crippen molar-refractivity contribution in [2.24, 2.45) is 0 Å². The topological polar surface area (TPSA) is 41.9 Å². The zero-order valence-electron chi connectivity index (χ0n) is 21.7. The molecule has 6 aromatic rings. The minimum atomic E-state index is 0.298. The molecule has 0 aliphatic rings. The van der Waals surface area contributed by atoms with Gasteiger partial charge in [0, 0.05) is 32.4 Å². The van der Waals surface area contributed by atoms with Gasteiger partial charge in [-0.05, 0) is 95.2 Å². The van der Waals surface area contributed by atoms with Gasteiger partial charge in [-0.1, -0.05) is 42.5 Å². The largest absolute Gasteiger partial charge is 0.507 e. The maximum atomic E-state index is 10.7. The molecule has 5 aromatic carbocycles. The third-order valence-electron chi connectivity index (χ3n) is 6.83. The lowest BCUT2D eigenvalue weighted by Gasteiger charge is -2.26. The van der Waals surface area contributed by atoms with Gasteiger partial charge in [-0.15, -0.1) is 11.3 Å². The highest BCUT2D eigenvalue weighted by Gasteiger charge is 2.15. The first-order valence-electron chi connectivity index (χ1n) is 12.6. The molecule has 0 amide bonds. The van der Waals surface area contributed by atoms with Crippen molar-refractivity contribution in [3.8, 4) is 38.1 Å². The number of nitrogens with zero attached hydrogens (tertiary/aromatic N) is 1. The van der Waals surface area contributed by atoms with E-state index in [9.17, 15) is 5.11 Å². The van der Waals surface area contributed by atoms with E-state index in [0.29, 0.717) is 5.75 Å². The van der Waals surface area contributed by atoms with Gasteiger partial charge in [0.05, 0.1) is 14.2 Å². The number of fused-ring (bicyclic) bond motifs is 1. The average Bonchev–Trinajstić information content (AvgIpc) is 3.48. The number of phenolic OH excluding ortho intramolecular Hbond substituents is 1. The summed E-state index contributed by atoms with van der Waals surface area (Å²) in [4.78, 5) is 4.39. The van der Waals surface area contributed by atoms with Crippen LogP contribution in [0.1, 0.15) is 0 Å². The summed E-state index contributed by atoms with van der Waals surface area (Å²) in [6, 6.07) is 40.8. The van der Waals surface area contributed by atoms with Crippen LogP contribution >= 0.6 is 11.3 Å². The Kier molecular flexibility index (Phi) is 6.66. The number of phenols is 1. The number of anilines is 3. The summed E-state index contributed by atoms with van der Waals surface area (Å²) in [5.74, 6) is 1.93. The highest BCUT2D eigenvalue weighted by atomic mass is 32.1. The molecular weight excluding hydrogens is 502 g/mol. The van der Waals surface area contributed by atoms with E-state index in [1.807, 2.05) is 42.5 Å². The van der Waals surface area contributed by atoms with Gasteiger partial charge < -0.3 is 19.5 Å². The fourth-order valence-electron chi connectivity index (χ4n) is 4.83. The zero-order chi connectivity index (χ0) is 26.8. The summed E-state index contributed by atoms with van der Waals surface area (Å²) in [5, 5.41) is 12.9. The zero-order valence-corrected chi connectivity index (χ0v) is 22.5. The molecule has 0 saturated carbocycles. The van der Waals surface area contributed by atoms with Crippen LogP contribution in [0, 0.1) is 0 Å². The second-order valence-electron chi connectivity index (χ2n) is 9.12. The second kappa shape index (κ2) is 10.6. The third kappa shape index (κ3) is 4.80. The number of hydrogen-bond donors (Lipinski definition) is 1. The fraction of sp³-hybridized carbons (Fsp3) is 0.0588. The predicted molar refractivity (Wildman–Crippen MR) is 162 cm³/mol. The molecule has 5 heteroatoms. The van der Waals surface area contributed by atoms with Crippen molar-refractivity contribution in [1.82, 2.24) is 0 Å². The van der Waals surface area contributed by atoms with Crippen molar-refractivity contribution in [2.45, 2.75) is 0 Å². The standard InChI is InChI=1S/C34H27NO3S/c1-37-28-16-12-26(13-17-28)35(27-14-18-29(38-2)19-15-27)25-10-7-24(8-11-25)32-21-22-33(39-32)34-30-6-4-3-5-23(30)9-20-31(34)36/h3-22,36H,1-2H3. The SMILES string of the molecule is COc1ccc(N(c2ccc(OC)cc2)c2ccc(-c3ccc(-c4c(O)ccc5ccccc45)s3)cc2)cc1. The molecule has 6 rings (SSSR count). The van der Waals surface area contributed by atoms with E-state index >= 15 is 0 Å². The molecule has 0 fully saturated rings. The summed E-state index contributed by atoms with van der Waals surface area (Å²) >= 11 is 1.68. The Morgan fingerprint density at radius 3 is 1.69 bits per heavy atom. The molecule has 1 N–H and O–H groups in total. The molecule has 192 valence electrons. The van der Waals surface area contributed by atoms with Gasteiger partial charge in [0.2, 0.25) is 0 Å². The molecule has 0 spiro atoms. The molecular formula is C34H27NO3S. The summed E-state index contributed by atoms with van der Waals surface area (Å²) in [5.41, 5.74) is 5.10. The van der Waals surface area contributed by atoms with Crippen LogP contribution in [0.25, 0.3) is 31.7 Å². The van der Waals surface area contributed by atoms with Gasteiger partial charge in [-0.2, -0.15) is 0 Å². The Morgan fingerprint density at radius 2 is 1.10 bits per heavy atom. The number of ether oxygens (including phenoxy) is 2. The molecule has 4 nitrogen and oxygen atoms in total. The molecule has 0 radical (unpaired) electrons. The first-order valence-corrected chi connectivity index (χ1v) is 13.5. The van der Waals surface area contributed by atoms with E-state index in [-0.39, 0.29) is 0 Å². The van der Waals surface area contributed by atoms with Gasteiger partial charge in [0.25, 0.3) is 0 Å². The fourth-order valence-corrected chi connectivity index (χ4v) is 5.91. The van der Waals surface area contributed by atoms with Crippen molar-refractivity contribution in [3.05, 3.63) is 121 Å². The van der Waals surface area contributed by atoms with Gasteiger partial charge >= 0.3 is 0 Å². The van der Waals surface area contributed by atoms with Crippen LogP contribution in [0.4, 0.5) is 17.1 Å². The highest BCUT2D eigenvalue weighted by Crippen LogP contribution is 2.43. The van der Waals surface area contributed by atoms with Gasteiger partial charge in [-0.25, -0.2) is 0 Å². The number of aromatic hydroxyl groups is 1. The molecule has 0 aliphatic heterocycles. The number of hydrogen-bond acceptors (Lipinski definition) is 5. The summed E-state index contributed by atoms with van der Waals surface area (Å²) in [6.07, 6.45) is 0. The molecule has 0 unspecified atom stereocenters. The van der Waals surface area contributed by atoms with Crippen molar-refractivity contribution >= 4 is 39.2 Å².